The van der Waals surface area contributed by atoms with E-state index in [0.717, 1.165) is 19.3 Å². The Balaban J connectivity index is 1.62. The Morgan fingerprint density at radius 3 is 2.39 bits per heavy atom. The van der Waals surface area contributed by atoms with Crippen molar-refractivity contribution in [2.24, 2.45) is 11.8 Å². The molecule has 3 fully saturated rings. The minimum Gasteiger partial charge on any atom is -0.352 e. The van der Waals surface area contributed by atoms with Gasteiger partial charge in [0, 0.05) is 18.5 Å². The normalized spacial score (nSPS) is 32.0. The molecule has 3 rings (SSSR count). The van der Waals surface area contributed by atoms with Crippen LogP contribution in [0.1, 0.15) is 51.4 Å². The monoisotopic (exact) mass is 332 g/mol. The summed E-state index contributed by atoms with van der Waals surface area (Å²) >= 11 is 0. The first-order valence-corrected chi connectivity index (χ1v) is 8.54. The molecule has 130 valence electrons. The maximum absolute atomic E-state index is 12.9. The average Bonchev–Trinajstić information content (AvgIpc) is 3.18. The summed E-state index contributed by atoms with van der Waals surface area (Å²) in [6.45, 7) is 0.481. The van der Waals surface area contributed by atoms with E-state index in [1.807, 2.05) is 0 Å². The summed E-state index contributed by atoms with van der Waals surface area (Å²) in [5.74, 6) is -2.37. The summed E-state index contributed by atoms with van der Waals surface area (Å²) in [5, 5.41) is 2.90. The number of hydrogen-bond acceptors (Lipinski definition) is 2. The summed E-state index contributed by atoms with van der Waals surface area (Å²) < 4.78 is 38.8. The van der Waals surface area contributed by atoms with Gasteiger partial charge in [-0.05, 0) is 44.9 Å². The predicted molar refractivity (Wildman–Crippen MR) is 77.4 cm³/mol. The van der Waals surface area contributed by atoms with Gasteiger partial charge >= 0.3 is 6.18 Å². The van der Waals surface area contributed by atoms with Crippen molar-refractivity contribution in [1.29, 1.82) is 0 Å². The standard InChI is InChI=1S/C16H23F3N2O2/c17-16(18,19)11-4-1-3-10(9-11)15(23)21-8-2-5-13(21)14(22)20-12-6-7-12/h10-13H,1-9H2,(H,20,22). The third-order valence-corrected chi connectivity index (χ3v) is 5.25. The molecule has 1 aliphatic heterocycles. The number of halogens is 3. The number of rotatable bonds is 3. The van der Waals surface area contributed by atoms with Crippen molar-refractivity contribution in [3.8, 4) is 0 Å². The van der Waals surface area contributed by atoms with Crippen LogP contribution in [0.4, 0.5) is 13.2 Å². The van der Waals surface area contributed by atoms with Gasteiger partial charge in [0.15, 0.2) is 0 Å². The molecule has 2 saturated carbocycles. The number of hydrogen-bond donors (Lipinski definition) is 1. The molecule has 0 bridgehead atoms. The van der Waals surface area contributed by atoms with Crippen LogP contribution in [0.5, 0.6) is 0 Å². The van der Waals surface area contributed by atoms with Gasteiger partial charge in [-0.2, -0.15) is 13.2 Å². The molecule has 0 aromatic heterocycles. The Bertz CT molecular complexity index is 476. The zero-order chi connectivity index (χ0) is 16.6. The maximum atomic E-state index is 12.9. The van der Waals surface area contributed by atoms with E-state index in [-0.39, 0.29) is 30.7 Å². The summed E-state index contributed by atoms with van der Waals surface area (Å²) in [5.41, 5.74) is 0. The lowest BCUT2D eigenvalue weighted by Crippen LogP contribution is -2.49. The van der Waals surface area contributed by atoms with Crippen LogP contribution in [0.15, 0.2) is 0 Å². The lowest BCUT2D eigenvalue weighted by Gasteiger charge is -2.33. The van der Waals surface area contributed by atoms with Gasteiger partial charge in [-0.15, -0.1) is 0 Å². The summed E-state index contributed by atoms with van der Waals surface area (Å²) in [6.07, 6.45) is -0.0260. The number of carbonyl (C=O) groups is 2. The molecule has 0 aromatic rings. The van der Waals surface area contributed by atoms with E-state index in [2.05, 4.69) is 5.32 Å². The molecule has 3 aliphatic rings. The average molecular weight is 332 g/mol. The molecule has 0 spiro atoms. The molecule has 0 aromatic carbocycles. The second kappa shape index (κ2) is 6.32. The molecule has 1 heterocycles. The Morgan fingerprint density at radius 1 is 1.00 bits per heavy atom. The van der Waals surface area contributed by atoms with E-state index >= 15 is 0 Å². The zero-order valence-electron chi connectivity index (χ0n) is 13.1. The molecular weight excluding hydrogens is 309 g/mol. The van der Waals surface area contributed by atoms with E-state index < -0.39 is 24.1 Å². The Morgan fingerprint density at radius 2 is 1.74 bits per heavy atom. The highest BCUT2D eigenvalue weighted by Crippen LogP contribution is 2.41. The van der Waals surface area contributed by atoms with E-state index in [1.54, 1.807) is 0 Å². The van der Waals surface area contributed by atoms with E-state index in [0.29, 0.717) is 25.8 Å². The molecule has 4 nitrogen and oxygen atoms in total. The molecule has 23 heavy (non-hydrogen) atoms. The largest absolute Gasteiger partial charge is 0.391 e. The second-order valence-electron chi connectivity index (χ2n) is 7.07. The molecule has 1 N–H and O–H groups in total. The second-order valence-corrected chi connectivity index (χ2v) is 7.07. The number of amides is 2. The van der Waals surface area contributed by atoms with Crippen molar-refractivity contribution in [2.75, 3.05) is 6.54 Å². The van der Waals surface area contributed by atoms with Crippen LogP contribution in [0.2, 0.25) is 0 Å². The van der Waals surface area contributed by atoms with Gasteiger partial charge in [0.05, 0.1) is 5.92 Å². The van der Waals surface area contributed by atoms with E-state index in [9.17, 15) is 22.8 Å². The number of likely N-dealkylation sites (tertiary alicyclic amines) is 1. The van der Waals surface area contributed by atoms with E-state index in [4.69, 9.17) is 0 Å². The van der Waals surface area contributed by atoms with Gasteiger partial charge < -0.3 is 10.2 Å². The Kier molecular flexibility index (Phi) is 4.56. The molecule has 3 atom stereocenters. The van der Waals surface area contributed by atoms with Crippen molar-refractivity contribution < 1.29 is 22.8 Å². The fourth-order valence-electron chi connectivity index (χ4n) is 3.77. The van der Waals surface area contributed by atoms with Crippen molar-refractivity contribution in [3.63, 3.8) is 0 Å². The van der Waals surface area contributed by atoms with Gasteiger partial charge in [-0.3, -0.25) is 9.59 Å². The van der Waals surface area contributed by atoms with Crippen molar-refractivity contribution >= 4 is 11.8 Å². The van der Waals surface area contributed by atoms with Crippen LogP contribution < -0.4 is 5.32 Å². The number of nitrogens with one attached hydrogen (secondary N) is 1. The summed E-state index contributed by atoms with van der Waals surface area (Å²) in [4.78, 5) is 26.4. The Hall–Kier alpha value is -1.27. The van der Waals surface area contributed by atoms with Crippen LogP contribution in [0.25, 0.3) is 0 Å². The summed E-state index contributed by atoms with van der Waals surface area (Å²) in [7, 11) is 0. The number of carbonyl (C=O) groups excluding carboxylic acids is 2. The molecule has 7 heteroatoms. The van der Waals surface area contributed by atoms with Crippen LogP contribution in [-0.2, 0) is 9.59 Å². The lowest BCUT2D eigenvalue weighted by molar-refractivity contribution is -0.187. The third kappa shape index (κ3) is 3.80. The van der Waals surface area contributed by atoms with Gasteiger partial charge in [-0.25, -0.2) is 0 Å². The van der Waals surface area contributed by atoms with Crippen molar-refractivity contribution in [2.45, 2.75) is 69.6 Å². The number of nitrogens with zero attached hydrogens (tertiary/aromatic N) is 1. The predicted octanol–water partition coefficient (Wildman–Crippen LogP) is 2.62. The molecule has 0 radical (unpaired) electrons. The lowest BCUT2D eigenvalue weighted by atomic mass is 9.80. The van der Waals surface area contributed by atoms with Crippen LogP contribution in [0, 0.1) is 11.8 Å². The molecular formula is C16H23F3N2O2. The minimum absolute atomic E-state index is 0.110. The fraction of sp³-hybridized carbons (Fsp3) is 0.875. The van der Waals surface area contributed by atoms with Gasteiger partial charge in [0.1, 0.15) is 6.04 Å². The Labute approximate surface area is 133 Å². The van der Waals surface area contributed by atoms with Gasteiger partial charge in [0.2, 0.25) is 11.8 Å². The quantitative estimate of drug-likeness (QED) is 0.864. The topological polar surface area (TPSA) is 49.4 Å². The zero-order valence-corrected chi connectivity index (χ0v) is 13.1. The highest BCUT2D eigenvalue weighted by molar-refractivity contribution is 5.89. The maximum Gasteiger partial charge on any atom is 0.391 e. The fourth-order valence-corrected chi connectivity index (χ4v) is 3.77. The third-order valence-electron chi connectivity index (χ3n) is 5.25. The van der Waals surface area contributed by atoms with Gasteiger partial charge in [-0.1, -0.05) is 6.42 Å². The van der Waals surface area contributed by atoms with Crippen LogP contribution >= 0.6 is 0 Å². The van der Waals surface area contributed by atoms with Crippen molar-refractivity contribution in [1.82, 2.24) is 10.2 Å². The molecule has 2 amide bonds. The van der Waals surface area contributed by atoms with E-state index in [1.165, 1.54) is 4.90 Å². The van der Waals surface area contributed by atoms with Crippen molar-refractivity contribution in [3.05, 3.63) is 0 Å². The number of alkyl halides is 3. The first-order valence-electron chi connectivity index (χ1n) is 8.54. The van der Waals surface area contributed by atoms with Crippen LogP contribution in [-0.4, -0.2) is 41.5 Å². The smallest absolute Gasteiger partial charge is 0.352 e. The molecule has 2 aliphatic carbocycles. The highest BCUT2D eigenvalue weighted by Gasteiger charge is 2.46. The summed E-state index contributed by atoms with van der Waals surface area (Å²) in [6, 6.07) is -0.265. The SMILES string of the molecule is O=C(NC1CC1)C1CCCN1C(=O)C1CCCC(C(F)(F)F)C1. The minimum atomic E-state index is -4.23. The highest BCUT2D eigenvalue weighted by atomic mass is 19.4. The molecule has 3 unspecified atom stereocenters. The van der Waals surface area contributed by atoms with Gasteiger partial charge in [0.25, 0.3) is 0 Å². The van der Waals surface area contributed by atoms with Crippen LogP contribution in [0.3, 0.4) is 0 Å². The first kappa shape index (κ1) is 16.6. The molecule has 1 saturated heterocycles. The first-order chi connectivity index (χ1) is 10.9.